The van der Waals surface area contributed by atoms with Crippen LogP contribution in [0.1, 0.15) is 13.3 Å². The number of carbonyl (C=O) groups excluding carboxylic acids is 2. The predicted octanol–water partition coefficient (Wildman–Crippen LogP) is 3.21. The van der Waals surface area contributed by atoms with Crippen LogP contribution >= 0.6 is 23.6 Å². The average molecular weight is 432 g/mol. The van der Waals surface area contributed by atoms with Crippen LogP contribution in [0.3, 0.4) is 0 Å². The number of aromatic amines is 1. The summed E-state index contributed by atoms with van der Waals surface area (Å²) in [5.74, 6) is 0.871. The van der Waals surface area contributed by atoms with E-state index >= 15 is 0 Å². The number of ether oxygens (including phenoxy) is 1. The first-order chi connectivity index (χ1) is 14.1. The van der Waals surface area contributed by atoms with Gasteiger partial charge in [-0.2, -0.15) is 5.10 Å². The van der Waals surface area contributed by atoms with E-state index in [0.29, 0.717) is 29.3 Å². The minimum atomic E-state index is -0.194. The van der Waals surface area contributed by atoms with E-state index in [-0.39, 0.29) is 24.8 Å². The molecule has 0 radical (unpaired) electrons. The summed E-state index contributed by atoms with van der Waals surface area (Å²) in [5.41, 5.74) is 0.595. The smallest absolute Gasteiger partial charge is 0.257 e. The zero-order chi connectivity index (χ0) is 20.6. The number of nitrogens with one attached hydrogen (secondary N) is 3. The second kappa shape index (κ2) is 9.99. The fourth-order valence-corrected chi connectivity index (χ4v) is 3.56. The predicted molar refractivity (Wildman–Crippen MR) is 115 cm³/mol. The van der Waals surface area contributed by atoms with E-state index in [0.717, 1.165) is 10.7 Å². The van der Waals surface area contributed by atoms with Crippen LogP contribution in [0.4, 0.5) is 5.69 Å². The third-order valence-corrected chi connectivity index (χ3v) is 5.10. The van der Waals surface area contributed by atoms with Crippen LogP contribution in [-0.4, -0.2) is 39.7 Å². The van der Waals surface area contributed by atoms with Crippen LogP contribution in [0.5, 0.6) is 5.75 Å². The molecule has 0 atom stereocenters. The van der Waals surface area contributed by atoms with E-state index in [9.17, 15) is 9.59 Å². The number of amides is 2. The van der Waals surface area contributed by atoms with Gasteiger partial charge in [-0.05, 0) is 42.7 Å². The SMILES string of the molecule is CCNC(=O)COc1cccc(NC(=O)CCn2c(-c3cccs3)n[nH]c2=S)c1. The lowest BCUT2D eigenvalue weighted by Gasteiger charge is -2.10. The van der Waals surface area contributed by atoms with Crippen LogP contribution in [-0.2, 0) is 16.1 Å². The molecule has 0 bridgehead atoms. The minimum Gasteiger partial charge on any atom is -0.484 e. The van der Waals surface area contributed by atoms with E-state index in [1.165, 1.54) is 0 Å². The Morgan fingerprint density at radius 1 is 1.28 bits per heavy atom. The van der Waals surface area contributed by atoms with Crippen molar-refractivity contribution in [1.82, 2.24) is 20.1 Å². The molecular formula is C19H21N5O3S2. The molecule has 8 nitrogen and oxygen atoms in total. The van der Waals surface area contributed by atoms with Crippen molar-refractivity contribution in [2.75, 3.05) is 18.5 Å². The van der Waals surface area contributed by atoms with Crippen LogP contribution in [0, 0.1) is 4.77 Å². The van der Waals surface area contributed by atoms with Gasteiger partial charge in [0, 0.05) is 31.3 Å². The highest BCUT2D eigenvalue weighted by Crippen LogP contribution is 2.23. The van der Waals surface area contributed by atoms with Gasteiger partial charge < -0.3 is 15.4 Å². The van der Waals surface area contributed by atoms with Crippen molar-refractivity contribution in [1.29, 1.82) is 0 Å². The van der Waals surface area contributed by atoms with Crippen molar-refractivity contribution in [3.05, 3.63) is 46.5 Å². The highest BCUT2D eigenvalue weighted by atomic mass is 32.1. The van der Waals surface area contributed by atoms with E-state index in [2.05, 4.69) is 20.8 Å². The molecule has 3 N–H and O–H groups in total. The number of aromatic nitrogens is 3. The Bertz CT molecular complexity index is 1030. The molecule has 0 aliphatic carbocycles. The van der Waals surface area contributed by atoms with E-state index in [1.54, 1.807) is 35.6 Å². The van der Waals surface area contributed by atoms with Gasteiger partial charge in [-0.15, -0.1) is 11.3 Å². The zero-order valence-corrected chi connectivity index (χ0v) is 17.4. The molecule has 152 valence electrons. The quantitative estimate of drug-likeness (QED) is 0.452. The summed E-state index contributed by atoms with van der Waals surface area (Å²) in [6.45, 7) is 2.72. The fraction of sp³-hybridized carbons (Fsp3) is 0.263. The summed E-state index contributed by atoms with van der Waals surface area (Å²) in [6, 6.07) is 10.8. The maximum absolute atomic E-state index is 12.4. The Balaban J connectivity index is 1.57. The number of hydrogen-bond acceptors (Lipinski definition) is 6. The number of benzene rings is 1. The van der Waals surface area contributed by atoms with Crippen molar-refractivity contribution in [2.24, 2.45) is 0 Å². The number of likely N-dealkylation sites (N-methyl/N-ethyl adjacent to an activating group) is 1. The van der Waals surface area contributed by atoms with Crippen molar-refractivity contribution in [3.63, 3.8) is 0 Å². The van der Waals surface area contributed by atoms with Gasteiger partial charge in [0.25, 0.3) is 5.91 Å². The van der Waals surface area contributed by atoms with Crippen molar-refractivity contribution in [2.45, 2.75) is 19.9 Å². The zero-order valence-electron chi connectivity index (χ0n) is 15.8. The van der Waals surface area contributed by atoms with E-state index in [4.69, 9.17) is 17.0 Å². The van der Waals surface area contributed by atoms with Crippen LogP contribution in [0.2, 0.25) is 0 Å². The molecular weight excluding hydrogens is 410 g/mol. The molecule has 0 fully saturated rings. The molecule has 0 saturated carbocycles. The molecule has 10 heteroatoms. The normalized spacial score (nSPS) is 10.5. The molecule has 0 saturated heterocycles. The lowest BCUT2D eigenvalue weighted by molar-refractivity contribution is -0.123. The van der Waals surface area contributed by atoms with E-state index < -0.39 is 0 Å². The number of nitrogens with zero attached hydrogens (tertiary/aromatic N) is 2. The highest BCUT2D eigenvalue weighted by molar-refractivity contribution is 7.71. The molecule has 3 rings (SSSR count). The number of carbonyl (C=O) groups is 2. The molecule has 0 unspecified atom stereocenters. The fourth-order valence-electron chi connectivity index (χ4n) is 2.62. The van der Waals surface area contributed by atoms with Crippen molar-refractivity contribution in [3.8, 4) is 16.5 Å². The second-order valence-corrected chi connectivity index (χ2v) is 7.38. The number of H-pyrrole nitrogens is 1. The Labute approximate surface area is 176 Å². The average Bonchev–Trinajstić information content (AvgIpc) is 3.35. The largest absolute Gasteiger partial charge is 0.484 e. The molecule has 0 aliphatic heterocycles. The molecule has 29 heavy (non-hydrogen) atoms. The van der Waals surface area contributed by atoms with Gasteiger partial charge in [0.2, 0.25) is 5.91 Å². The summed E-state index contributed by atoms with van der Waals surface area (Å²) < 4.78 is 7.73. The van der Waals surface area contributed by atoms with Gasteiger partial charge in [0.05, 0.1) is 4.88 Å². The number of hydrogen-bond donors (Lipinski definition) is 3. The molecule has 1 aromatic carbocycles. The van der Waals surface area contributed by atoms with Crippen molar-refractivity contribution < 1.29 is 14.3 Å². The summed E-state index contributed by atoms with van der Waals surface area (Å²) in [6.07, 6.45) is 0.232. The highest BCUT2D eigenvalue weighted by Gasteiger charge is 2.12. The Morgan fingerprint density at radius 2 is 2.14 bits per heavy atom. The van der Waals surface area contributed by atoms with Gasteiger partial charge in [0.15, 0.2) is 17.2 Å². The monoisotopic (exact) mass is 431 g/mol. The molecule has 2 heterocycles. The third-order valence-electron chi connectivity index (χ3n) is 3.92. The van der Waals surface area contributed by atoms with Gasteiger partial charge in [-0.1, -0.05) is 12.1 Å². The third kappa shape index (κ3) is 5.75. The van der Waals surface area contributed by atoms with Crippen LogP contribution < -0.4 is 15.4 Å². The standard InChI is InChI=1S/C19H21N5O3S2/c1-2-20-17(26)12-27-14-6-3-5-13(11-14)21-16(25)8-9-24-18(22-23-19(24)28)15-7-4-10-29-15/h3-7,10-11H,2,8-9,12H2,1H3,(H,20,26)(H,21,25)(H,23,28). The summed E-state index contributed by atoms with van der Waals surface area (Å²) in [7, 11) is 0. The number of anilines is 1. The first-order valence-electron chi connectivity index (χ1n) is 9.05. The van der Waals surface area contributed by atoms with Gasteiger partial charge in [-0.3, -0.25) is 19.3 Å². The topological polar surface area (TPSA) is 101 Å². The van der Waals surface area contributed by atoms with Crippen LogP contribution in [0.15, 0.2) is 41.8 Å². The molecule has 2 amide bonds. The first-order valence-corrected chi connectivity index (χ1v) is 10.3. The summed E-state index contributed by atoms with van der Waals surface area (Å²) >= 11 is 6.84. The van der Waals surface area contributed by atoms with Crippen molar-refractivity contribution >= 4 is 41.1 Å². The van der Waals surface area contributed by atoms with Gasteiger partial charge in [-0.25, -0.2) is 0 Å². The molecule has 0 spiro atoms. The Morgan fingerprint density at radius 3 is 2.90 bits per heavy atom. The molecule has 2 aromatic heterocycles. The van der Waals surface area contributed by atoms with Crippen LogP contribution in [0.25, 0.3) is 10.7 Å². The Kier molecular flexibility index (Phi) is 7.14. The minimum absolute atomic E-state index is 0.0739. The summed E-state index contributed by atoms with van der Waals surface area (Å²) in [4.78, 5) is 24.9. The first kappa shape index (κ1) is 20.7. The lowest BCUT2D eigenvalue weighted by Crippen LogP contribution is -2.28. The molecule has 0 aliphatic rings. The summed E-state index contributed by atoms with van der Waals surface area (Å²) in [5, 5.41) is 14.5. The van der Waals surface area contributed by atoms with Gasteiger partial charge in [0.1, 0.15) is 5.75 Å². The lowest BCUT2D eigenvalue weighted by atomic mass is 10.3. The maximum Gasteiger partial charge on any atom is 0.257 e. The van der Waals surface area contributed by atoms with Gasteiger partial charge >= 0.3 is 0 Å². The number of rotatable bonds is 9. The number of thiophene rings is 1. The second-order valence-electron chi connectivity index (χ2n) is 6.05. The Hall–Kier alpha value is -2.98. The maximum atomic E-state index is 12.4. The van der Waals surface area contributed by atoms with E-state index in [1.807, 2.05) is 29.0 Å². The molecule has 3 aromatic rings.